The number of amides is 2. The summed E-state index contributed by atoms with van der Waals surface area (Å²) in [5, 5.41) is 19.6. The number of nitrogens with zero attached hydrogens (tertiary/aromatic N) is 2. The maximum atomic E-state index is 12.0. The number of aromatic nitrogens is 2. The lowest BCUT2D eigenvalue weighted by atomic mass is 10.2. The third kappa shape index (κ3) is 3.12. The third-order valence-corrected chi connectivity index (χ3v) is 3.98. The van der Waals surface area contributed by atoms with Crippen molar-refractivity contribution in [1.29, 1.82) is 0 Å². The van der Waals surface area contributed by atoms with Crippen LogP contribution in [0.5, 0.6) is 0 Å². The number of urea groups is 1. The first-order chi connectivity index (χ1) is 10.6. The number of anilines is 1. The van der Waals surface area contributed by atoms with E-state index < -0.39 is 6.10 Å². The Labute approximate surface area is 129 Å². The lowest BCUT2D eigenvalue weighted by Crippen LogP contribution is -2.42. The maximum absolute atomic E-state index is 12.0. The number of aryl methyl sites for hydroxylation is 1. The second-order valence-electron chi connectivity index (χ2n) is 5.64. The molecule has 1 saturated carbocycles. The van der Waals surface area contributed by atoms with Gasteiger partial charge in [-0.25, -0.2) is 9.48 Å². The van der Waals surface area contributed by atoms with Gasteiger partial charge in [0.2, 0.25) is 0 Å². The molecule has 6 heteroatoms. The highest BCUT2D eigenvalue weighted by molar-refractivity contribution is 5.89. The Morgan fingerprint density at radius 1 is 1.36 bits per heavy atom. The molecule has 1 aliphatic carbocycles. The first-order valence-electron chi connectivity index (χ1n) is 7.50. The fourth-order valence-electron chi connectivity index (χ4n) is 2.80. The molecule has 1 fully saturated rings. The Morgan fingerprint density at radius 3 is 2.91 bits per heavy atom. The SMILES string of the molecule is Cc1ccnn1-c1cccc(NC(=O)N[C@H]2CCC[C@H]2O)c1. The fraction of sp³-hybridized carbons (Fsp3) is 0.375. The van der Waals surface area contributed by atoms with Crippen LogP contribution >= 0.6 is 0 Å². The summed E-state index contributed by atoms with van der Waals surface area (Å²) in [5.41, 5.74) is 2.61. The molecule has 1 aromatic carbocycles. The summed E-state index contributed by atoms with van der Waals surface area (Å²) in [4.78, 5) is 12.0. The van der Waals surface area contributed by atoms with Crippen molar-refractivity contribution >= 4 is 11.7 Å². The summed E-state index contributed by atoms with van der Waals surface area (Å²) in [6.07, 6.45) is 3.81. The van der Waals surface area contributed by atoms with Crippen LogP contribution in [-0.2, 0) is 0 Å². The molecule has 2 amide bonds. The topological polar surface area (TPSA) is 79.2 Å². The van der Waals surface area contributed by atoms with Crippen molar-refractivity contribution < 1.29 is 9.90 Å². The van der Waals surface area contributed by atoms with Crippen molar-refractivity contribution in [1.82, 2.24) is 15.1 Å². The molecule has 3 rings (SSSR count). The maximum Gasteiger partial charge on any atom is 0.319 e. The van der Waals surface area contributed by atoms with E-state index >= 15 is 0 Å². The van der Waals surface area contributed by atoms with E-state index in [4.69, 9.17) is 0 Å². The molecule has 0 spiro atoms. The number of hydrogen-bond acceptors (Lipinski definition) is 3. The molecule has 1 aromatic heterocycles. The Balaban J connectivity index is 1.68. The zero-order chi connectivity index (χ0) is 15.5. The predicted octanol–water partition coefficient (Wildman–Crippen LogP) is 2.22. The molecule has 2 atom stereocenters. The van der Waals surface area contributed by atoms with Crippen molar-refractivity contribution in [3.05, 3.63) is 42.2 Å². The number of rotatable bonds is 3. The Hall–Kier alpha value is -2.34. The summed E-state index contributed by atoms with van der Waals surface area (Å²) in [6.45, 7) is 1.97. The highest BCUT2D eigenvalue weighted by Crippen LogP contribution is 2.19. The van der Waals surface area contributed by atoms with E-state index in [2.05, 4.69) is 15.7 Å². The van der Waals surface area contributed by atoms with Crippen molar-refractivity contribution in [2.24, 2.45) is 0 Å². The third-order valence-electron chi connectivity index (χ3n) is 3.98. The van der Waals surface area contributed by atoms with Gasteiger partial charge in [0, 0.05) is 17.6 Å². The van der Waals surface area contributed by atoms with Crippen molar-refractivity contribution in [2.75, 3.05) is 5.32 Å². The van der Waals surface area contributed by atoms with E-state index in [1.165, 1.54) is 0 Å². The first kappa shape index (κ1) is 14.6. The van der Waals surface area contributed by atoms with E-state index in [9.17, 15) is 9.90 Å². The van der Waals surface area contributed by atoms with E-state index in [0.717, 1.165) is 30.6 Å². The van der Waals surface area contributed by atoms with Crippen molar-refractivity contribution in [3.8, 4) is 5.69 Å². The molecule has 1 heterocycles. The van der Waals surface area contributed by atoms with Crippen LogP contribution in [0.25, 0.3) is 5.69 Å². The highest BCUT2D eigenvalue weighted by Gasteiger charge is 2.26. The lowest BCUT2D eigenvalue weighted by molar-refractivity contribution is 0.151. The molecule has 22 heavy (non-hydrogen) atoms. The molecular formula is C16H20N4O2. The zero-order valence-electron chi connectivity index (χ0n) is 12.5. The van der Waals surface area contributed by atoms with Crippen LogP contribution in [0.1, 0.15) is 25.0 Å². The smallest absolute Gasteiger partial charge is 0.319 e. The average molecular weight is 300 g/mol. The number of carbonyl (C=O) groups is 1. The monoisotopic (exact) mass is 300 g/mol. The van der Waals surface area contributed by atoms with Gasteiger partial charge in [-0.05, 0) is 50.5 Å². The molecule has 0 bridgehead atoms. The highest BCUT2D eigenvalue weighted by atomic mass is 16.3. The largest absolute Gasteiger partial charge is 0.391 e. The van der Waals surface area contributed by atoms with Gasteiger partial charge < -0.3 is 15.7 Å². The van der Waals surface area contributed by atoms with Gasteiger partial charge in [0.15, 0.2) is 0 Å². The molecule has 0 saturated heterocycles. The standard InChI is InChI=1S/C16H20N4O2/c1-11-8-9-17-20(11)13-5-2-4-12(10-13)18-16(22)19-14-6-3-7-15(14)21/h2,4-5,8-10,14-15,21H,3,6-7H2,1H3,(H2,18,19,22)/t14-,15+/m0/s1. The number of hydrogen-bond donors (Lipinski definition) is 3. The Morgan fingerprint density at radius 2 is 2.23 bits per heavy atom. The van der Waals surface area contributed by atoms with Crippen LogP contribution in [0.2, 0.25) is 0 Å². The van der Waals surface area contributed by atoms with Crippen LogP contribution in [0, 0.1) is 6.92 Å². The van der Waals surface area contributed by atoms with Crippen LogP contribution in [0.3, 0.4) is 0 Å². The number of nitrogens with one attached hydrogen (secondary N) is 2. The molecule has 3 N–H and O–H groups in total. The molecule has 1 aliphatic rings. The van der Waals surface area contributed by atoms with Crippen LogP contribution < -0.4 is 10.6 Å². The van der Waals surface area contributed by atoms with Gasteiger partial charge in [-0.1, -0.05) is 6.07 Å². The van der Waals surface area contributed by atoms with Crippen LogP contribution in [0.15, 0.2) is 36.5 Å². The first-order valence-corrected chi connectivity index (χ1v) is 7.50. The van der Waals surface area contributed by atoms with Crippen LogP contribution in [-0.4, -0.2) is 33.1 Å². The Kier molecular flexibility index (Phi) is 4.11. The van der Waals surface area contributed by atoms with Gasteiger partial charge in [-0.2, -0.15) is 5.10 Å². The normalized spacial score (nSPS) is 20.8. The van der Waals surface area contributed by atoms with E-state index in [1.807, 2.05) is 41.9 Å². The minimum Gasteiger partial charge on any atom is -0.391 e. The molecule has 0 unspecified atom stereocenters. The molecule has 6 nitrogen and oxygen atoms in total. The predicted molar refractivity (Wildman–Crippen MR) is 84.1 cm³/mol. The quantitative estimate of drug-likeness (QED) is 0.813. The van der Waals surface area contributed by atoms with Gasteiger partial charge in [0.25, 0.3) is 0 Å². The lowest BCUT2D eigenvalue weighted by Gasteiger charge is -2.17. The minimum absolute atomic E-state index is 0.156. The summed E-state index contributed by atoms with van der Waals surface area (Å²) in [7, 11) is 0. The van der Waals surface area contributed by atoms with Gasteiger partial charge in [0.05, 0.1) is 17.8 Å². The molecule has 2 aromatic rings. The number of carbonyl (C=O) groups excluding carboxylic acids is 1. The second-order valence-corrected chi connectivity index (χ2v) is 5.64. The number of benzene rings is 1. The minimum atomic E-state index is -0.441. The average Bonchev–Trinajstić information content (AvgIpc) is 3.08. The van der Waals surface area contributed by atoms with Gasteiger partial charge in [-0.15, -0.1) is 0 Å². The molecule has 116 valence electrons. The summed E-state index contributed by atoms with van der Waals surface area (Å²) in [5.74, 6) is 0. The number of aliphatic hydroxyl groups excluding tert-OH is 1. The second kappa shape index (κ2) is 6.19. The molecular weight excluding hydrogens is 280 g/mol. The summed E-state index contributed by atoms with van der Waals surface area (Å²) < 4.78 is 1.81. The Bertz CT molecular complexity index is 668. The van der Waals surface area contributed by atoms with E-state index in [0.29, 0.717) is 5.69 Å². The summed E-state index contributed by atoms with van der Waals surface area (Å²) >= 11 is 0. The van der Waals surface area contributed by atoms with Crippen molar-refractivity contribution in [3.63, 3.8) is 0 Å². The van der Waals surface area contributed by atoms with E-state index in [1.54, 1.807) is 6.20 Å². The van der Waals surface area contributed by atoms with Crippen molar-refractivity contribution in [2.45, 2.75) is 38.3 Å². The molecule has 0 radical (unpaired) electrons. The number of aliphatic hydroxyl groups is 1. The summed E-state index contributed by atoms with van der Waals surface area (Å²) in [6, 6.07) is 8.98. The zero-order valence-corrected chi connectivity index (χ0v) is 12.5. The fourth-order valence-corrected chi connectivity index (χ4v) is 2.80. The van der Waals surface area contributed by atoms with Gasteiger partial charge in [0.1, 0.15) is 0 Å². The van der Waals surface area contributed by atoms with Crippen LogP contribution in [0.4, 0.5) is 10.5 Å². The molecule has 0 aliphatic heterocycles. The van der Waals surface area contributed by atoms with Gasteiger partial charge >= 0.3 is 6.03 Å². The van der Waals surface area contributed by atoms with Gasteiger partial charge in [-0.3, -0.25) is 0 Å². The van der Waals surface area contributed by atoms with E-state index in [-0.39, 0.29) is 12.1 Å².